The van der Waals surface area contributed by atoms with Gasteiger partial charge in [-0.15, -0.1) is 11.3 Å². The first-order valence-corrected chi connectivity index (χ1v) is 6.92. The van der Waals surface area contributed by atoms with Crippen LogP contribution >= 0.6 is 27.3 Å². The average Bonchev–Trinajstić information content (AvgIpc) is 2.76. The minimum absolute atomic E-state index is 1.12. The molecule has 82 valence electrons. The van der Waals surface area contributed by atoms with E-state index in [1.165, 1.54) is 15.3 Å². The van der Waals surface area contributed by atoms with Crippen LogP contribution in [0.25, 0.3) is 12.2 Å². The Hall–Kier alpha value is -0.860. The van der Waals surface area contributed by atoms with E-state index in [1.54, 1.807) is 0 Å². The highest BCUT2D eigenvalue weighted by molar-refractivity contribution is 9.10. The fourth-order valence-electron chi connectivity index (χ4n) is 1.46. The monoisotopic (exact) mass is 292 g/mol. The normalized spacial score (nSPS) is 11.1. The van der Waals surface area contributed by atoms with E-state index >= 15 is 0 Å². The van der Waals surface area contributed by atoms with E-state index in [0.717, 1.165) is 10.9 Å². The molecular formula is C14H13BrS. The molecular weight excluding hydrogens is 280 g/mol. The molecule has 0 aliphatic heterocycles. The smallest absolute Gasteiger partial charge is 0.0273 e. The van der Waals surface area contributed by atoms with E-state index in [2.05, 4.69) is 65.3 Å². The van der Waals surface area contributed by atoms with Crippen molar-refractivity contribution in [2.24, 2.45) is 0 Å². The van der Waals surface area contributed by atoms with E-state index in [1.807, 2.05) is 17.4 Å². The summed E-state index contributed by atoms with van der Waals surface area (Å²) in [5, 5.41) is 0. The maximum atomic E-state index is 3.54. The molecule has 0 N–H and O–H groups in total. The standard InChI is InChI=1S/C14H13BrS/c1-2-12-9-10-13(16-12)8-7-11-5-3-4-6-14(11)15/h3-10H,2H2,1H3/b8-7+. The molecule has 1 aromatic heterocycles. The van der Waals surface area contributed by atoms with Gasteiger partial charge in [0, 0.05) is 14.2 Å². The minimum Gasteiger partial charge on any atom is -0.141 e. The second kappa shape index (κ2) is 5.46. The molecule has 0 radical (unpaired) electrons. The zero-order valence-electron chi connectivity index (χ0n) is 9.11. The van der Waals surface area contributed by atoms with Gasteiger partial charge in [0.2, 0.25) is 0 Å². The van der Waals surface area contributed by atoms with Gasteiger partial charge in [-0.1, -0.05) is 47.1 Å². The number of rotatable bonds is 3. The Labute approximate surface area is 109 Å². The predicted molar refractivity (Wildman–Crippen MR) is 76.8 cm³/mol. The lowest BCUT2D eigenvalue weighted by atomic mass is 10.2. The summed E-state index contributed by atoms with van der Waals surface area (Å²) in [6.07, 6.45) is 5.44. The number of halogens is 1. The van der Waals surface area contributed by atoms with Crippen molar-refractivity contribution in [2.45, 2.75) is 13.3 Å². The molecule has 1 aromatic carbocycles. The van der Waals surface area contributed by atoms with E-state index in [0.29, 0.717) is 0 Å². The summed E-state index contributed by atoms with van der Waals surface area (Å²) in [6.45, 7) is 2.19. The molecule has 0 fully saturated rings. The fraction of sp³-hybridized carbons (Fsp3) is 0.143. The molecule has 2 aromatic rings. The SMILES string of the molecule is CCc1ccc(/C=C/c2ccccc2Br)s1. The van der Waals surface area contributed by atoms with Crippen LogP contribution in [-0.4, -0.2) is 0 Å². The van der Waals surface area contributed by atoms with Crippen molar-refractivity contribution in [3.8, 4) is 0 Å². The molecule has 0 saturated carbocycles. The van der Waals surface area contributed by atoms with Gasteiger partial charge >= 0.3 is 0 Å². The first-order chi connectivity index (χ1) is 7.79. The van der Waals surface area contributed by atoms with E-state index in [-0.39, 0.29) is 0 Å². The summed E-state index contributed by atoms with van der Waals surface area (Å²) in [5.74, 6) is 0. The Morgan fingerprint density at radius 2 is 1.94 bits per heavy atom. The summed E-state index contributed by atoms with van der Waals surface area (Å²) in [5.41, 5.74) is 1.22. The molecule has 0 spiro atoms. The molecule has 0 aliphatic carbocycles. The third kappa shape index (κ3) is 2.83. The van der Waals surface area contributed by atoms with Crippen molar-refractivity contribution in [1.82, 2.24) is 0 Å². The molecule has 0 aliphatic rings. The molecule has 0 bridgehead atoms. The van der Waals surface area contributed by atoms with E-state index in [4.69, 9.17) is 0 Å². The largest absolute Gasteiger partial charge is 0.141 e. The number of benzene rings is 1. The van der Waals surface area contributed by atoms with Crippen LogP contribution in [0, 0.1) is 0 Å². The average molecular weight is 293 g/mol. The summed E-state index contributed by atoms with van der Waals surface area (Å²) in [7, 11) is 0. The lowest BCUT2D eigenvalue weighted by molar-refractivity contribution is 1.19. The fourth-order valence-corrected chi connectivity index (χ4v) is 2.73. The lowest BCUT2D eigenvalue weighted by Gasteiger charge is -1.95. The molecule has 0 saturated heterocycles. The second-order valence-corrected chi connectivity index (χ2v) is 5.57. The van der Waals surface area contributed by atoms with Crippen molar-refractivity contribution < 1.29 is 0 Å². The maximum absolute atomic E-state index is 3.54. The molecule has 0 unspecified atom stereocenters. The van der Waals surface area contributed by atoms with Crippen molar-refractivity contribution in [3.63, 3.8) is 0 Å². The Bertz CT molecular complexity index is 497. The van der Waals surface area contributed by atoms with Crippen LogP contribution in [0.3, 0.4) is 0 Å². The Morgan fingerprint density at radius 3 is 2.62 bits per heavy atom. The minimum atomic E-state index is 1.12. The third-order valence-electron chi connectivity index (χ3n) is 2.36. The zero-order chi connectivity index (χ0) is 11.4. The molecule has 1 heterocycles. The highest BCUT2D eigenvalue weighted by Crippen LogP contribution is 2.22. The van der Waals surface area contributed by atoms with Crippen LogP contribution in [0.1, 0.15) is 22.2 Å². The second-order valence-electron chi connectivity index (χ2n) is 3.51. The zero-order valence-corrected chi connectivity index (χ0v) is 11.5. The molecule has 2 heteroatoms. The van der Waals surface area contributed by atoms with E-state index < -0.39 is 0 Å². The summed E-state index contributed by atoms with van der Waals surface area (Å²) in [6, 6.07) is 12.6. The van der Waals surface area contributed by atoms with Gasteiger partial charge in [-0.05, 0) is 36.3 Å². The molecule has 0 atom stereocenters. The van der Waals surface area contributed by atoms with Gasteiger partial charge in [-0.25, -0.2) is 0 Å². The van der Waals surface area contributed by atoms with Gasteiger partial charge in [-0.2, -0.15) is 0 Å². The summed E-state index contributed by atoms with van der Waals surface area (Å²) < 4.78 is 1.14. The van der Waals surface area contributed by atoms with Crippen molar-refractivity contribution in [3.05, 3.63) is 56.2 Å². The van der Waals surface area contributed by atoms with Gasteiger partial charge in [-0.3, -0.25) is 0 Å². The van der Waals surface area contributed by atoms with Crippen LogP contribution < -0.4 is 0 Å². The Morgan fingerprint density at radius 1 is 1.12 bits per heavy atom. The highest BCUT2D eigenvalue weighted by Gasteiger charge is 1.96. The van der Waals surface area contributed by atoms with E-state index in [9.17, 15) is 0 Å². The van der Waals surface area contributed by atoms with Crippen molar-refractivity contribution >= 4 is 39.4 Å². The molecule has 2 rings (SSSR count). The van der Waals surface area contributed by atoms with Crippen LogP contribution in [0.2, 0.25) is 0 Å². The van der Waals surface area contributed by atoms with Crippen LogP contribution in [0.15, 0.2) is 40.9 Å². The topological polar surface area (TPSA) is 0 Å². The maximum Gasteiger partial charge on any atom is 0.0273 e. The molecule has 0 amide bonds. The van der Waals surface area contributed by atoms with Gasteiger partial charge in [0.05, 0.1) is 0 Å². The lowest BCUT2D eigenvalue weighted by Crippen LogP contribution is -1.72. The first-order valence-electron chi connectivity index (χ1n) is 5.31. The predicted octanol–water partition coefficient (Wildman–Crippen LogP) is 5.24. The Balaban J connectivity index is 2.18. The van der Waals surface area contributed by atoms with Gasteiger partial charge < -0.3 is 0 Å². The Kier molecular flexibility index (Phi) is 3.97. The molecule has 16 heavy (non-hydrogen) atoms. The quantitative estimate of drug-likeness (QED) is 0.725. The van der Waals surface area contributed by atoms with Crippen LogP contribution in [0.5, 0.6) is 0 Å². The summed E-state index contributed by atoms with van der Waals surface area (Å²) >= 11 is 5.40. The van der Waals surface area contributed by atoms with Gasteiger partial charge in [0.15, 0.2) is 0 Å². The van der Waals surface area contributed by atoms with Crippen LogP contribution in [-0.2, 0) is 6.42 Å². The van der Waals surface area contributed by atoms with Gasteiger partial charge in [0.1, 0.15) is 0 Å². The van der Waals surface area contributed by atoms with Crippen molar-refractivity contribution in [2.75, 3.05) is 0 Å². The third-order valence-corrected chi connectivity index (χ3v) is 4.28. The number of hydrogen-bond acceptors (Lipinski definition) is 1. The van der Waals surface area contributed by atoms with Crippen LogP contribution in [0.4, 0.5) is 0 Å². The highest BCUT2D eigenvalue weighted by atomic mass is 79.9. The van der Waals surface area contributed by atoms with Gasteiger partial charge in [0.25, 0.3) is 0 Å². The number of hydrogen-bond donors (Lipinski definition) is 0. The summed E-state index contributed by atoms with van der Waals surface area (Å²) in [4.78, 5) is 2.75. The number of aryl methyl sites for hydroxylation is 1. The first kappa shape index (κ1) is 11.6. The number of thiophene rings is 1. The molecule has 0 nitrogen and oxygen atoms in total. The van der Waals surface area contributed by atoms with Crippen molar-refractivity contribution in [1.29, 1.82) is 0 Å².